The summed E-state index contributed by atoms with van der Waals surface area (Å²) in [6, 6.07) is -0.357. The van der Waals surface area contributed by atoms with Gasteiger partial charge in [-0.25, -0.2) is 4.79 Å². The van der Waals surface area contributed by atoms with E-state index >= 15 is 0 Å². The highest BCUT2D eigenvalue weighted by atomic mass is 32.2. The van der Waals surface area contributed by atoms with Gasteiger partial charge in [0, 0.05) is 19.6 Å². The van der Waals surface area contributed by atoms with Crippen molar-refractivity contribution in [3.05, 3.63) is 0 Å². The van der Waals surface area contributed by atoms with Crippen LogP contribution in [0.3, 0.4) is 0 Å². The average Bonchev–Trinajstić information content (AvgIpc) is 2.42. The summed E-state index contributed by atoms with van der Waals surface area (Å²) in [7, 11) is -3.58. The van der Waals surface area contributed by atoms with Crippen LogP contribution in [0.1, 0.15) is 0 Å². The molecule has 1 N–H and O–H groups in total. The van der Waals surface area contributed by atoms with Gasteiger partial charge in [0.15, 0.2) is 0 Å². The average molecular weight is 222 g/mol. The molecule has 7 nitrogen and oxygen atoms in total. The van der Waals surface area contributed by atoms with Gasteiger partial charge in [-0.05, 0) is 0 Å². The van der Waals surface area contributed by atoms with E-state index in [-0.39, 0.29) is 32.3 Å². The fourth-order valence-corrected chi connectivity index (χ4v) is 2.94. The van der Waals surface area contributed by atoms with Crippen molar-refractivity contribution in [2.45, 2.75) is 6.04 Å². The van der Waals surface area contributed by atoms with E-state index in [4.69, 9.17) is 5.11 Å². The molecule has 0 aliphatic carbocycles. The van der Waals surface area contributed by atoms with Crippen molar-refractivity contribution in [3.63, 3.8) is 0 Å². The monoisotopic (exact) mass is 222 g/mol. The Balaban J connectivity index is 2.12. The molecule has 2 heterocycles. The van der Waals surface area contributed by atoms with E-state index in [0.29, 0.717) is 0 Å². The Morgan fingerprint density at radius 2 is 2.14 bits per heavy atom. The van der Waals surface area contributed by atoms with Crippen molar-refractivity contribution in [1.82, 2.24) is 9.21 Å². The van der Waals surface area contributed by atoms with Gasteiger partial charge in [-0.1, -0.05) is 0 Å². The quantitative estimate of drug-likeness (QED) is 0.563. The highest BCUT2D eigenvalue weighted by Crippen LogP contribution is 2.22. The van der Waals surface area contributed by atoms with Gasteiger partial charge in [-0.15, -0.1) is 0 Å². The summed E-state index contributed by atoms with van der Waals surface area (Å²) in [5, 5.41) is 8.71. The highest BCUT2D eigenvalue weighted by Gasteiger charge is 2.43. The SMILES string of the molecule is O=C(O)N1CCN2[C@H](COS2(=O)=O)C1. The molecule has 80 valence electrons. The molecule has 0 bridgehead atoms. The van der Waals surface area contributed by atoms with Crippen molar-refractivity contribution in [2.75, 3.05) is 26.2 Å². The molecule has 14 heavy (non-hydrogen) atoms. The van der Waals surface area contributed by atoms with Gasteiger partial charge in [0.1, 0.15) is 0 Å². The Kier molecular flexibility index (Phi) is 2.13. The van der Waals surface area contributed by atoms with Crippen molar-refractivity contribution < 1.29 is 22.5 Å². The fourth-order valence-electron chi connectivity index (χ4n) is 1.67. The number of rotatable bonds is 0. The molecule has 0 spiro atoms. The lowest BCUT2D eigenvalue weighted by molar-refractivity contribution is 0.108. The third-order valence-electron chi connectivity index (χ3n) is 2.40. The second kappa shape index (κ2) is 3.07. The van der Waals surface area contributed by atoms with Crippen LogP contribution in [-0.4, -0.2) is 61.1 Å². The van der Waals surface area contributed by atoms with Crippen LogP contribution in [0.15, 0.2) is 0 Å². The molecule has 1 amide bonds. The van der Waals surface area contributed by atoms with Crippen molar-refractivity contribution in [3.8, 4) is 0 Å². The summed E-state index contributed by atoms with van der Waals surface area (Å²) >= 11 is 0. The molecule has 1 atom stereocenters. The first-order valence-corrected chi connectivity index (χ1v) is 5.51. The largest absolute Gasteiger partial charge is 0.465 e. The summed E-state index contributed by atoms with van der Waals surface area (Å²) < 4.78 is 28.2. The number of carbonyl (C=O) groups is 1. The minimum atomic E-state index is -3.58. The predicted molar refractivity (Wildman–Crippen MR) is 45.0 cm³/mol. The van der Waals surface area contributed by atoms with E-state index in [1.54, 1.807) is 0 Å². The van der Waals surface area contributed by atoms with Crippen LogP contribution >= 0.6 is 0 Å². The molecule has 0 radical (unpaired) electrons. The third-order valence-corrected chi connectivity index (χ3v) is 3.88. The summed E-state index contributed by atoms with van der Waals surface area (Å²) in [6.07, 6.45) is -1.02. The van der Waals surface area contributed by atoms with Crippen molar-refractivity contribution in [2.24, 2.45) is 0 Å². The Morgan fingerprint density at radius 1 is 1.43 bits per heavy atom. The van der Waals surface area contributed by atoms with Crippen LogP contribution in [0.4, 0.5) is 4.79 Å². The summed E-state index contributed by atoms with van der Waals surface area (Å²) in [5.41, 5.74) is 0. The maximum Gasteiger partial charge on any atom is 0.407 e. The van der Waals surface area contributed by atoms with E-state index in [0.717, 1.165) is 0 Å². The molecular formula is C6H10N2O5S. The molecule has 0 saturated carbocycles. The maximum absolute atomic E-state index is 11.2. The first kappa shape index (κ1) is 9.69. The zero-order chi connectivity index (χ0) is 10.3. The minimum absolute atomic E-state index is 0.0477. The molecule has 8 heteroatoms. The van der Waals surface area contributed by atoms with E-state index < -0.39 is 16.4 Å². The van der Waals surface area contributed by atoms with E-state index in [1.165, 1.54) is 9.21 Å². The first-order chi connectivity index (χ1) is 6.50. The zero-order valence-corrected chi connectivity index (χ0v) is 8.11. The Bertz CT molecular complexity index is 353. The summed E-state index contributed by atoms with van der Waals surface area (Å²) in [4.78, 5) is 11.8. The molecule has 2 rings (SSSR count). The van der Waals surface area contributed by atoms with Gasteiger partial charge >= 0.3 is 16.4 Å². The smallest absolute Gasteiger partial charge is 0.407 e. The molecule has 0 aromatic carbocycles. The van der Waals surface area contributed by atoms with Crippen LogP contribution in [0.2, 0.25) is 0 Å². The second-order valence-corrected chi connectivity index (χ2v) is 4.80. The first-order valence-electron chi connectivity index (χ1n) is 4.15. The minimum Gasteiger partial charge on any atom is -0.465 e. The molecule has 0 aromatic rings. The number of hydrogen-bond acceptors (Lipinski definition) is 4. The maximum atomic E-state index is 11.2. The van der Waals surface area contributed by atoms with Gasteiger partial charge < -0.3 is 10.0 Å². The fraction of sp³-hybridized carbons (Fsp3) is 0.833. The van der Waals surface area contributed by atoms with Crippen LogP contribution in [-0.2, 0) is 14.5 Å². The number of hydrogen-bond donors (Lipinski definition) is 1. The molecule has 0 aromatic heterocycles. The lowest BCUT2D eigenvalue weighted by atomic mass is 10.2. The third kappa shape index (κ3) is 1.45. The molecule has 2 fully saturated rings. The Labute approximate surface area is 81.1 Å². The van der Waals surface area contributed by atoms with Gasteiger partial charge in [0.2, 0.25) is 0 Å². The summed E-state index contributed by atoms with van der Waals surface area (Å²) in [5.74, 6) is 0. The topological polar surface area (TPSA) is 87.2 Å². The van der Waals surface area contributed by atoms with Crippen LogP contribution in [0.5, 0.6) is 0 Å². The number of nitrogens with zero attached hydrogens (tertiary/aromatic N) is 2. The highest BCUT2D eigenvalue weighted by molar-refractivity contribution is 7.84. The Morgan fingerprint density at radius 3 is 2.79 bits per heavy atom. The van der Waals surface area contributed by atoms with E-state index in [9.17, 15) is 13.2 Å². The summed E-state index contributed by atoms with van der Waals surface area (Å²) in [6.45, 7) is 0.619. The number of amides is 1. The lowest BCUT2D eigenvalue weighted by Crippen LogP contribution is -2.53. The van der Waals surface area contributed by atoms with Crippen molar-refractivity contribution in [1.29, 1.82) is 0 Å². The van der Waals surface area contributed by atoms with Crippen LogP contribution in [0, 0.1) is 0 Å². The number of fused-ring (bicyclic) bond motifs is 1. The van der Waals surface area contributed by atoms with Gasteiger partial charge in [-0.3, -0.25) is 4.18 Å². The van der Waals surface area contributed by atoms with Gasteiger partial charge in [-0.2, -0.15) is 12.7 Å². The van der Waals surface area contributed by atoms with Crippen LogP contribution in [0.25, 0.3) is 0 Å². The standard InChI is InChI=1S/C6H10N2O5S/c9-6(10)7-1-2-8-5(3-7)4-13-14(8,11)12/h5H,1-4H2,(H,9,10)/t5-/m0/s1. The molecule has 2 aliphatic rings. The van der Waals surface area contributed by atoms with E-state index in [1.807, 2.05) is 0 Å². The van der Waals surface area contributed by atoms with Crippen molar-refractivity contribution >= 4 is 16.4 Å². The second-order valence-electron chi connectivity index (χ2n) is 3.24. The van der Waals surface area contributed by atoms with Gasteiger partial charge in [0.25, 0.3) is 0 Å². The normalized spacial score (nSPS) is 31.4. The van der Waals surface area contributed by atoms with E-state index in [2.05, 4.69) is 4.18 Å². The molecular weight excluding hydrogens is 212 g/mol. The molecule has 2 saturated heterocycles. The molecule has 2 aliphatic heterocycles. The van der Waals surface area contributed by atoms with Gasteiger partial charge in [0.05, 0.1) is 12.6 Å². The number of piperazine rings is 1. The van der Waals surface area contributed by atoms with Crippen LogP contribution < -0.4 is 0 Å². The zero-order valence-electron chi connectivity index (χ0n) is 7.29. The molecule has 0 unspecified atom stereocenters. The Hall–Kier alpha value is -0.860. The number of carboxylic acid groups (broad SMARTS) is 1. The lowest BCUT2D eigenvalue weighted by Gasteiger charge is -2.32. The predicted octanol–water partition coefficient (Wildman–Crippen LogP) is -1.07.